The van der Waals surface area contributed by atoms with Crippen LogP contribution in [0.4, 0.5) is 5.69 Å². The number of amides is 2. The Labute approximate surface area is 278 Å². The lowest BCUT2D eigenvalue weighted by atomic mass is 10.1. The Morgan fingerprint density at radius 1 is 0.958 bits per heavy atom. The molecular weight excluding hydrogens is 608 g/mol. The molecule has 0 aliphatic carbocycles. The van der Waals surface area contributed by atoms with E-state index in [0.29, 0.717) is 23.6 Å². The molecule has 1 N–H and O–H groups in total. The first kappa shape index (κ1) is 32.6. The third kappa shape index (κ3) is 6.83. The second-order valence-electron chi connectivity index (χ2n) is 12.0. The van der Waals surface area contributed by atoms with Crippen LogP contribution in [0.25, 0.3) is 21.8 Å². The minimum atomic E-state index is -0.919. The number of hydrogen-bond acceptors (Lipinski definition) is 7. The summed E-state index contributed by atoms with van der Waals surface area (Å²) < 4.78 is 13.0. The number of rotatable bonds is 12. The van der Waals surface area contributed by atoms with E-state index in [1.54, 1.807) is 13.2 Å². The minimum Gasteiger partial charge on any atom is -0.497 e. The van der Waals surface area contributed by atoms with Crippen molar-refractivity contribution in [3.05, 3.63) is 106 Å². The number of ether oxygens (including phenoxy) is 1. The van der Waals surface area contributed by atoms with E-state index < -0.39 is 17.6 Å². The number of aryl methyl sites for hydroxylation is 2. The van der Waals surface area contributed by atoms with E-state index in [1.165, 1.54) is 11.0 Å². The molecule has 48 heavy (non-hydrogen) atoms. The molecule has 1 fully saturated rings. The van der Waals surface area contributed by atoms with Crippen molar-refractivity contribution in [1.29, 1.82) is 0 Å². The number of aromatic nitrogens is 1. The molecule has 10 heteroatoms. The lowest BCUT2D eigenvalue weighted by Gasteiger charge is -2.23. The molecule has 1 aliphatic rings. The van der Waals surface area contributed by atoms with E-state index in [2.05, 4.69) is 41.0 Å². The Kier molecular flexibility index (Phi) is 9.89. The smallest absolute Gasteiger partial charge is 0.348 e. The zero-order chi connectivity index (χ0) is 33.6. The van der Waals surface area contributed by atoms with Crippen LogP contribution >= 0.6 is 0 Å². The highest BCUT2D eigenvalue weighted by Gasteiger charge is 2.39. The summed E-state index contributed by atoms with van der Waals surface area (Å²) in [5, 5.41) is 9.44. The van der Waals surface area contributed by atoms with Crippen LogP contribution in [0, 0.1) is 0 Å². The van der Waals surface area contributed by atoms with Crippen molar-refractivity contribution in [3.63, 3.8) is 0 Å². The molecule has 5 aromatic rings. The quantitative estimate of drug-likeness (QED) is 0.116. The van der Waals surface area contributed by atoms with Gasteiger partial charge < -0.3 is 28.8 Å². The molecule has 6 rings (SSSR count). The maximum Gasteiger partial charge on any atom is 0.348 e. The van der Waals surface area contributed by atoms with E-state index in [4.69, 9.17) is 14.0 Å². The maximum atomic E-state index is 13.9. The van der Waals surface area contributed by atoms with Crippen LogP contribution in [-0.4, -0.2) is 46.7 Å². The van der Waals surface area contributed by atoms with Gasteiger partial charge in [0.25, 0.3) is 5.91 Å². The summed E-state index contributed by atoms with van der Waals surface area (Å²) in [4.78, 5) is 47.7. The number of benzene rings is 3. The van der Waals surface area contributed by atoms with Crippen LogP contribution in [0.5, 0.6) is 5.75 Å². The van der Waals surface area contributed by atoms with Crippen LogP contribution in [0.2, 0.25) is 0 Å². The van der Waals surface area contributed by atoms with Crippen molar-refractivity contribution >= 4 is 45.0 Å². The Balaban J connectivity index is 1.25. The number of nitrogens with one attached hydrogen (secondary N) is 1. The molecule has 0 spiro atoms. The SMILES string of the molecule is CCCCCc1ccc(C(=O)N2C/C(=N/OCc3ccc(OC)cc3)C[C@H]2C(=O)Nc2ccc3c(c2)c2ccccc2n3CC)c(=O)o1. The van der Waals surface area contributed by atoms with Gasteiger partial charge in [-0.25, -0.2) is 4.79 Å². The lowest BCUT2D eigenvalue weighted by Crippen LogP contribution is -2.44. The standard InChI is InChI=1S/C38H40N4O6/c1-4-6-7-10-29-18-19-31(38(45)48-29)37(44)42-23-27(40-47-24-25-13-16-28(46-3)17-14-25)22-35(42)36(43)39-26-15-20-34-32(21-26)30-11-8-9-12-33(30)41(34)5-2/h8-9,11-21,35H,4-7,10,22-24H2,1-3H3,(H,39,43)/b40-27+/t35-/m0/s1. The number of hydrogen-bond donors (Lipinski definition) is 1. The summed E-state index contributed by atoms with van der Waals surface area (Å²) in [6.07, 6.45) is 3.73. The molecule has 0 bridgehead atoms. The third-order valence-corrected chi connectivity index (χ3v) is 8.80. The van der Waals surface area contributed by atoms with Crippen molar-refractivity contribution in [2.24, 2.45) is 5.16 Å². The lowest BCUT2D eigenvalue weighted by molar-refractivity contribution is -0.119. The highest BCUT2D eigenvalue weighted by atomic mass is 16.6. The van der Waals surface area contributed by atoms with Gasteiger partial charge in [-0.15, -0.1) is 0 Å². The van der Waals surface area contributed by atoms with Gasteiger partial charge in [-0.3, -0.25) is 9.59 Å². The molecule has 10 nitrogen and oxygen atoms in total. The Morgan fingerprint density at radius 2 is 1.75 bits per heavy atom. The van der Waals surface area contributed by atoms with Crippen LogP contribution in [0.3, 0.4) is 0 Å². The van der Waals surface area contributed by atoms with Crippen LogP contribution in [-0.2, 0) is 29.2 Å². The fourth-order valence-corrected chi connectivity index (χ4v) is 6.29. The van der Waals surface area contributed by atoms with Crippen LogP contribution in [0.1, 0.15) is 61.2 Å². The minimum absolute atomic E-state index is 0.0280. The predicted molar refractivity (Wildman–Crippen MR) is 187 cm³/mol. The molecule has 3 aromatic carbocycles. The number of likely N-dealkylation sites (tertiary alicyclic amines) is 1. The summed E-state index contributed by atoms with van der Waals surface area (Å²) in [5.74, 6) is 0.293. The van der Waals surface area contributed by atoms with Crippen molar-refractivity contribution in [3.8, 4) is 5.75 Å². The second-order valence-corrected chi connectivity index (χ2v) is 12.0. The number of fused-ring (bicyclic) bond motifs is 3. The highest BCUT2D eigenvalue weighted by Crippen LogP contribution is 2.31. The van der Waals surface area contributed by atoms with E-state index in [0.717, 1.165) is 58.9 Å². The van der Waals surface area contributed by atoms with Gasteiger partial charge in [0.05, 0.1) is 19.4 Å². The predicted octanol–water partition coefficient (Wildman–Crippen LogP) is 6.93. The van der Waals surface area contributed by atoms with E-state index >= 15 is 0 Å². The number of methoxy groups -OCH3 is 1. The summed E-state index contributed by atoms with van der Waals surface area (Å²) in [6.45, 7) is 5.25. The molecule has 248 valence electrons. The van der Waals surface area contributed by atoms with Crippen molar-refractivity contribution in [2.45, 2.75) is 65.1 Å². The zero-order valence-electron chi connectivity index (χ0n) is 27.5. The molecule has 3 heterocycles. The largest absolute Gasteiger partial charge is 0.497 e. The molecule has 1 atom stereocenters. The molecule has 1 saturated heterocycles. The number of anilines is 1. The Bertz CT molecular complexity index is 2030. The molecule has 1 aliphatic heterocycles. The average molecular weight is 649 g/mol. The molecule has 2 amide bonds. The van der Waals surface area contributed by atoms with Gasteiger partial charge in [-0.05, 0) is 67.4 Å². The molecular formula is C38H40N4O6. The fraction of sp³-hybridized carbons (Fsp3) is 0.316. The van der Waals surface area contributed by atoms with Crippen LogP contribution < -0.4 is 15.7 Å². The van der Waals surface area contributed by atoms with Crippen LogP contribution in [0.15, 0.2) is 93.2 Å². The normalized spacial score (nSPS) is 15.4. The summed E-state index contributed by atoms with van der Waals surface area (Å²) >= 11 is 0. The maximum absolute atomic E-state index is 13.9. The summed E-state index contributed by atoms with van der Waals surface area (Å²) in [5.41, 5.74) is 3.36. The number of carbonyl (C=O) groups is 2. The average Bonchev–Trinajstić information content (AvgIpc) is 3.67. The number of oxime groups is 1. The molecule has 0 unspecified atom stereocenters. The van der Waals surface area contributed by atoms with E-state index in [-0.39, 0.29) is 31.0 Å². The van der Waals surface area contributed by atoms with Gasteiger partial charge in [0.1, 0.15) is 29.7 Å². The molecule has 0 radical (unpaired) electrons. The first-order valence-corrected chi connectivity index (χ1v) is 16.5. The van der Waals surface area contributed by atoms with Gasteiger partial charge in [0, 0.05) is 46.9 Å². The summed E-state index contributed by atoms with van der Waals surface area (Å²) in [7, 11) is 1.60. The van der Waals surface area contributed by atoms with Gasteiger partial charge in [0.15, 0.2) is 0 Å². The molecule has 0 saturated carbocycles. The summed E-state index contributed by atoms with van der Waals surface area (Å²) in [6, 6.07) is 23.7. The van der Waals surface area contributed by atoms with Gasteiger partial charge >= 0.3 is 5.63 Å². The second kappa shape index (κ2) is 14.6. The topological polar surface area (TPSA) is 115 Å². The monoisotopic (exact) mass is 648 g/mol. The number of para-hydroxylation sites is 1. The fourth-order valence-electron chi connectivity index (χ4n) is 6.29. The van der Waals surface area contributed by atoms with Gasteiger partial charge in [-0.2, -0.15) is 0 Å². The first-order valence-electron chi connectivity index (χ1n) is 16.5. The Hall–Kier alpha value is -5.38. The number of unbranched alkanes of at least 4 members (excludes halogenated alkanes) is 2. The first-order chi connectivity index (χ1) is 23.4. The van der Waals surface area contributed by atoms with Gasteiger partial charge in [-0.1, -0.05) is 55.3 Å². The number of nitrogens with zero attached hydrogens (tertiary/aromatic N) is 3. The molecule has 2 aromatic heterocycles. The van der Waals surface area contributed by atoms with Crippen molar-refractivity contribution in [1.82, 2.24) is 9.47 Å². The van der Waals surface area contributed by atoms with Crippen molar-refractivity contribution in [2.75, 3.05) is 19.0 Å². The highest BCUT2D eigenvalue weighted by molar-refractivity contribution is 6.11. The zero-order valence-corrected chi connectivity index (χ0v) is 27.5. The third-order valence-electron chi connectivity index (χ3n) is 8.80. The van der Waals surface area contributed by atoms with E-state index in [9.17, 15) is 14.4 Å². The van der Waals surface area contributed by atoms with Gasteiger partial charge in [0.2, 0.25) is 5.91 Å². The number of carbonyl (C=O) groups excluding carboxylic acids is 2. The van der Waals surface area contributed by atoms with Crippen molar-refractivity contribution < 1.29 is 23.6 Å². The van der Waals surface area contributed by atoms with E-state index in [1.807, 2.05) is 54.6 Å². The Morgan fingerprint density at radius 3 is 2.50 bits per heavy atom.